The predicted octanol–water partition coefficient (Wildman–Crippen LogP) is 5.19. The first-order chi connectivity index (χ1) is 17.8. The summed E-state index contributed by atoms with van der Waals surface area (Å²) in [5, 5.41) is 13.8. The van der Waals surface area contributed by atoms with E-state index in [1.807, 2.05) is 6.92 Å². The van der Waals surface area contributed by atoms with Crippen LogP contribution in [0.3, 0.4) is 0 Å². The Morgan fingerprint density at radius 1 is 1.14 bits per heavy atom. The first kappa shape index (κ1) is 26.4. The zero-order valence-electron chi connectivity index (χ0n) is 20.0. The van der Waals surface area contributed by atoms with Crippen molar-refractivity contribution in [3.63, 3.8) is 0 Å². The van der Waals surface area contributed by atoms with Gasteiger partial charge in [0.15, 0.2) is 11.6 Å². The van der Waals surface area contributed by atoms with E-state index in [0.29, 0.717) is 30.2 Å². The lowest BCUT2D eigenvalue weighted by molar-refractivity contribution is -0.137. The van der Waals surface area contributed by atoms with Gasteiger partial charge in [0.2, 0.25) is 0 Å². The smallest absolute Gasteiger partial charge is 0.376 e. The van der Waals surface area contributed by atoms with Crippen LogP contribution in [-0.2, 0) is 17.5 Å². The van der Waals surface area contributed by atoms with Crippen molar-refractivity contribution in [1.29, 1.82) is 0 Å². The first-order valence-electron chi connectivity index (χ1n) is 11.6. The molecule has 2 aromatic heterocycles. The lowest BCUT2D eigenvalue weighted by Gasteiger charge is -2.31. The maximum Gasteiger partial charge on any atom is 0.416 e. The monoisotopic (exact) mass is 518 g/mol. The summed E-state index contributed by atoms with van der Waals surface area (Å²) in [4.78, 5) is 14.4. The van der Waals surface area contributed by atoms with Gasteiger partial charge in [-0.05, 0) is 37.3 Å². The Bertz CT molecular complexity index is 1210. The Hall–Kier alpha value is -3.71. The number of anilines is 3. The molecule has 13 heteroatoms. The average Bonchev–Trinajstić information content (AvgIpc) is 2.87. The van der Waals surface area contributed by atoms with Crippen LogP contribution >= 0.6 is 0 Å². The summed E-state index contributed by atoms with van der Waals surface area (Å²) in [6.45, 7) is 5.68. The number of azo groups is 1. The summed E-state index contributed by atoms with van der Waals surface area (Å²) >= 11 is 0. The third-order valence-electron chi connectivity index (χ3n) is 5.47. The van der Waals surface area contributed by atoms with Gasteiger partial charge < -0.3 is 15.4 Å². The summed E-state index contributed by atoms with van der Waals surface area (Å²) in [7, 11) is 0. The second-order valence-corrected chi connectivity index (χ2v) is 8.42. The number of hydrogen-bond donors (Lipinski definition) is 2. The largest absolute Gasteiger partial charge is 0.416 e. The van der Waals surface area contributed by atoms with E-state index in [-0.39, 0.29) is 24.4 Å². The molecular weight excluding hydrogens is 492 g/mol. The molecule has 0 saturated carbocycles. The van der Waals surface area contributed by atoms with Gasteiger partial charge in [-0.25, -0.2) is 9.37 Å². The highest BCUT2D eigenvalue weighted by atomic mass is 19.4. The highest BCUT2D eigenvalue weighted by Crippen LogP contribution is 2.31. The molecule has 1 aromatic carbocycles. The van der Waals surface area contributed by atoms with E-state index in [1.54, 1.807) is 12.1 Å². The van der Waals surface area contributed by atoms with E-state index in [1.165, 1.54) is 18.3 Å². The van der Waals surface area contributed by atoms with E-state index in [2.05, 4.69) is 40.7 Å². The zero-order chi connectivity index (χ0) is 26.3. The summed E-state index contributed by atoms with van der Waals surface area (Å²) in [6.07, 6.45) is -1.73. The number of hydrogen-bond acceptors (Lipinski definition) is 9. The Kier molecular flexibility index (Phi) is 8.56. The molecule has 4 rings (SSSR count). The molecule has 196 valence electrons. The molecule has 1 atom stereocenters. The topological polar surface area (TPSA) is 99.9 Å². The number of nitrogens with zero attached hydrogens (tertiary/aromatic N) is 6. The van der Waals surface area contributed by atoms with Crippen LogP contribution in [-0.4, -0.2) is 58.7 Å². The van der Waals surface area contributed by atoms with Gasteiger partial charge in [0.1, 0.15) is 6.54 Å². The van der Waals surface area contributed by atoms with Gasteiger partial charge in [-0.3, -0.25) is 9.88 Å². The van der Waals surface area contributed by atoms with E-state index in [0.717, 1.165) is 38.0 Å². The molecule has 0 radical (unpaired) electrons. The summed E-state index contributed by atoms with van der Waals surface area (Å²) in [5.41, 5.74) is 0.639. The van der Waals surface area contributed by atoms with E-state index in [9.17, 15) is 17.6 Å². The molecule has 1 saturated heterocycles. The normalized spacial score (nSPS) is 16.7. The molecule has 1 unspecified atom stereocenters. The maximum atomic E-state index is 14.1. The van der Waals surface area contributed by atoms with Crippen molar-refractivity contribution in [2.24, 2.45) is 10.2 Å². The van der Waals surface area contributed by atoms with Crippen LogP contribution in [0, 0.1) is 5.82 Å². The molecule has 37 heavy (non-hydrogen) atoms. The summed E-state index contributed by atoms with van der Waals surface area (Å²) in [6, 6.07) is 8.23. The molecule has 0 amide bonds. The summed E-state index contributed by atoms with van der Waals surface area (Å²) in [5.74, 6) is -0.528. The average molecular weight is 519 g/mol. The number of halogens is 4. The van der Waals surface area contributed by atoms with E-state index < -0.39 is 17.6 Å². The highest BCUT2D eigenvalue weighted by molar-refractivity contribution is 5.59. The van der Waals surface area contributed by atoms with Crippen LogP contribution < -0.4 is 10.6 Å². The molecule has 0 spiro atoms. The number of pyridine rings is 1. The molecule has 1 aliphatic heterocycles. The van der Waals surface area contributed by atoms with Crippen LogP contribution in [0.25, 0.3) is 0 Å². The minimum Gasteiger partial charge on any atom is -0.376 e. The SMILES string of the molecule is CC1CN(CCNc2nc(N=NCc3ccc(Nc4cccc(C(F)(F)F)c4)cn3)ncc2F)CCO1. The van der Waals surface area contributed by atoms with E-state index in [4.69, 9.17) is 4.74 Å². The number of aromatic nitrogens is 3. The fourth-order valence-corrected chi connectivity index (χ4v) is 3.66. The third-order valence-corrected chi connectivity index (χ3v) is 5.47. The van der Waals surface area contributed by atoms with Gasteiger partial charge >= 0.3 is 6.18 Å². The van der Waals surface area contributed by atoms with Crippen LogP contribution in [0.2, 0.25) is 0 Å². The minimum atomic E-state index is -4.42. The molecule has 0 aliphatic carbocycles. The fraction of sp³-hybridized carbons (Fsp3) is 0.375. The number of ether oxygens (including phenoxy) is 1. The molecule has 0 bridgehead atoms. The van der Waals surface area contributed by atoms with Gasteiger partial charge in [0, 0.05) is 31.9 Å². The van der Waals surface area contributed by atoms with Crippen LogP contribution in [0.5, 0.6) is 0 Å². The lowest BCUT2D eigenvalue weighted by Crippen LogP contribution is -2.43. The van der Waals surface area contributed by atoms with Crippen molar-refractivity contribution in [3.8, 4) is 0 Å². The number of morpholine rings is 1. The van der Waals surface area contributed by atoms with Crippen molar-refractivity contribution >= 4 is 23.1 Å². The zero-order valence-corrected chi connectivity index (χ0v) is 20.0. The fourth-order valence-electron chi connectivity index (χ4n) is 3.66. The molecule has 1 fully saturated rings. The lowest BCUT2D eigenvalue weighted by atomic mass is 10.2. The van der Waals surface area contributed by atoms with Crippen molar-refractivity contribution in [2.45, 2.75) is 25.7 Å². The summed E-state index contributed by atoms with van der Waals surface area (Å²) < 4.78 is 58.3. The van der Waals surface area contributed by atoms with Crippen LogP contribution in [0.15, 0.2) is 59.0 Å². The second-order valence-electron chi connectivity index (χ2n) is 8.42. The van der Waals surface area contributed by atoms with Crippen LogP contribution in [0.4, 0.5) is 40.7 Å². The first-order valence-corrected chi connectivity index (χ1v) is 11.6. The molecule has 1 aliphatic rings. The van der Waals surface area contributed by atoms with Crippen molar-refractivity contribution < 1.29 is 22.3 Å². The van der Waals surface area contributed by atoms with Gasteiger partial charge in [-0.1, -0.05) is 6.07 Å². The number of nitrogens with one attached hydrogen (secondary N) is 2. The maximum absolute atomic E-state index is 14.1. The molecular formula is C24H26F4N8O. The molecule has 3 aromatic rings. The molecule has 2 N–H and O–H groups in total. The standard InChI is InChI=1S/C24H26F4N8O/c1-16-15-36(9-10-37-16)8-7-29-22-21(25)14-31-23(34-22)35-32-13-19-5-6-20(12-30-19)33-18-4-2-3-17(11-18)24(26,27)28/h2-6,11-12,14,16,33H,7-10,13,15H2,1H3,(H,29,31,34). The van der Waals surface area contributed by atoms with Crippen molar-refractivity contribution in [1.82, 2.24) is 19.9 Å². The van der Waals surface area contributed by atoms with Gasteiger partial charge in [-0.2, -0.15) is 23.3 Å². The Morgan fingerprint density at radius 3 is 2.76 bits per heavy atom. The van der Waals surface area contributed by atoms with Crippen molar-refractivity contribution in [3.05, 3.63) is 65.9 Å². The minimum absolute atomic E-state index is 0.00623. The number of benzene rings is 1. The van der Waals surface area contributed by atoms with Gasteiger partial charge in [-0.15, -0.1) is 5.11 Å². The molecule has 9 nitrogen and oxygen atoms in total. The molecule has 3 heterocycles. The Labute approximate surface area is 211 Å². The quantitative estimate of drug-likeness (QED) is 0.297. The van der Waals surface area contributed by atoms with Crippen LogP contribution in [0.1, 0.15) is 18.2 Å². The second kappa shape index (κ2) is 12.0. The van der Waals surface area contributed by atoms with Crippen molar-refractivity contribution in [2.75, 3.05) is 43.4 Å². The third kappa shape index (κ3) is 7.89. The van der Waals surface area contributed by atoms with Gasteiger partial charge in [0.25, 0.3) is 5.95 Å². The highest BCUT2D eigenvalue weighted by Gasteiger charge is 2.30. The Morgan fingerprint density at radius 2 is 2.00 bits per heavy atom. The number of rotatable bonds is 9. The van der Waals surface area contributed by atoms with Gasteiger partial charge in [0.05, 0.1) is 42.0 Å². The Balaban J connectivity index is 1.28. The predicted molar refractivity (Wildman–Crippen MR) is 130 cm³/mol. The van der Waals surface area contributed by atoms with E-state index >= 15 is 0 Å². The number of alkyl halides is 3.